The van der Waals surface area contributed by atoms with E-state index < -0.39 is 0 Å². The van der Waals surface area contributed by atoms with Crippen LogP contribution < -0.4 is 5.73 Å². The first-order valence-electron chi connectivity index (χ1n) is 6.34. The lowest BCUT2D eigenvalue weighted by Gasteiger charge is -2.16. The third-order valence-electron chi connectivity index (χ3n) is 2.94. The van der Waals surface area contributed by atoms with Gasteiger partial charge in [0, 0.05) is 27.7 Å². The molecular formula is C15H19BrN2S. The number of rotatable bonds is 3. The van der Waals surface area contributed by atoms with E-state index >= 15 is 0 Å². The molecule has 1 heterocycles. The quantitative estimate of drug-likeness (QED) is 0.908. The molecule has 2 rings (SSSR count). The van der Waals surface area contributed by atoms with Gasteiger partial charge in [0.05, 0.1) is 10.7 Å². The maximum absolute atomic E-state index is 5.85. The molecule has 0 radical (unpaired) electrons. The monoisotopic (exact) mass is 338 g/mol. The zero-order valence-corrected chi connectivity index (χ0v) is 13.9. The van der Waals surface area contributed by atoms with Crippen molar-refractivity contribution in [1.82, 2.24) is 4.98 Å². The van der Waals surface area contributed by atoms with Crippen LogP contribution in [0.2, 0.25) is 0 Å². The maximum atomic E-state index is 5.85. The van der Waals surface area contributed by atoms with Crippen LogP contribution >= 0.6 is 27.3 Å². The molecule has 0 bridgehead atoms. The highest BCUT2D eigenvalue weighted by atomic mass is 79.9. The Bertz CT molecular complexity index is 570. The fourth-order valence-electron chi connectivity index (χ4n) is 2.01. The summed E-state index contributed by atoms with van der Waals surface area (Å²) in [6.07, 6.45) is 0.856. The van der Waals surface area contributed by atoms with Gasteiger partial charge in [-0.2, -0.15) is 0 Å². The summed E-state index contributed by atoms with van der Waals surface area (Å²) in [7, 11) is 0. The Kier molecular flexibility index (Phi) is 4.43. The van der Waals surface area contributed by atoms with Crippen molar-refractivity contribution >= 4 is 27.3 Å². The minimum Gasteiger partial charge on any atom is -0.326 e. The van der Waals surface area contributed by atoms with Crippen LogP contribution in [0, 0.1) is 0 Å². The van der Waals surface area contributed by atoms with Gasteiger partial charge in [-0.15, -0.1) is 11.3 Å². The average molecular weight is 339 g/mol. The highest BCUT2D eigenvalue weighted by molar-refractivity contribution is 9.10. The first-order valence-corrected chi connectivity index (χ1v) is 7.95. The molecule has 0 saturated carbocycles. The summed E-state index contributed by atoms with van der Waals surface area (Å²) in [5.41, 5.74) is 8.30. The molecule has 0 aliphatic rings. The van der Waals surface area contributed by atoms with Crippen molar-refractivity contribution in [1.29, 1.82) is 0 Å². The summed E-state index contributed by atoms with van der Waals surface area (Å²) < 4.78 is 1.14. The number of thiazole rings is 1. The lowest BCUT2D eigenvalue weighted by atomic mass is 9.91. The van der Waals surface area contributed by atoms with Crippen LogP contribution in [0.5, 0.6) is 0 Å². The third-order valence-corrected chi connectivity index (χ3v) is 4.79. The molecule has 2 N–H and O–H groups in total. The fourth-order valence-corrected chi connectivity index (χ4v) is 3.61. The van der Waals surface area contributed by atoms with Crippen LogP contribution in [-0.2, 0) is 18.4 Å². The predicted molar refractivity (Wildman–Crippen MR) is 85.7 cm³/mol. The Labute approximate surface area is 127 Å². The minimum atomic E-state index is 0.0529. The predicted octanol–water partition coefficient (Wildman–Crippen LogP) is 4.25. The largest absolute Gasteiger partial charge is 0.326 e. The van der Waals surface area contributed by atoms with Crippen molar-refractivity contribution in [2.24, 2.45) is 5.73 Å². The Hall–Kier alpha value is -0.710. The highest BCUT2D eigenvalue weighted by Gasteiger charge is 2.22. The maximum Gasteiger partial charge on any atom is 0.0976 e. The average Bonchev–Trinajstić information content (AvgIpc) is 2.75. The molecule has 0 fully saturated rings. The molecule has 4 heteroatoms. The van der Waals surface area contributed by atoms with Crippen LogP contribution in [0.25, 0.3) is 0 Å². The number of hydrogen-bond acceptors (Lipinski definition) is 3. The van der Waals surface area contributed by atoms with Crippen LogP contribution in [0.15, 0.2) is 28.7 Å². The van der Waals surface area contributed by atoms with E-state index in [2.05, 4.69) is 54.9 Å². The molecule has 0 spiro atoms. The Balaban J connectivity index is 2.32. The molecule has 2 nitrogen and oxygen atoms in total. The van der Waals surface area contributed by atoms with Gasteiger partial charge < -0.3 is 5.73 Å². The van der Waals surface area contributed by atoms with Crippen LogP contribution in [0.1, 0.15) is 41.9 Å². The first-order chi connectivity index (χ1) is 8.91. The zero-order chi connectivity index (χ0) is 14.0. The first kappa shape index (κ1) is 14.7. The molecule has 102 valence electrons. The summed E-state index contributed by atoms with van der Waals surface area (Å²) in [5, 5.41) is 1.14. The lowest BCUT2D eigenvalue weighted by molar-refractivity contribution is 0.564. The summed E-state index contributed by atoms with van der Waals surface area (Å²) in [4.78, 5) is 6.01. The van der Waals surface area contributed by atoms with E-state index in [0.29, 0.717) is 6.54 Å². The minimum absolute atomic E-state index is 0.0529. The molecule has 0 atom stereocenters. The standard InChI is InChI=1S/C15H19BrN2S/c1-15(2,3)14-12(9-17)19-13(18-14)8-10-6-4-5-7-11(10)16/h4-7H,8-9,17H2,1-3H3. The summed E-state index contributed by atoms with van der Waals surface area (Å²) in [5.74, 6) is 0. The van der Waals surface area contributed by atoms with Crippen molar-refractivity contribution in [3.8, 4) is 0 Å². The van der Waals surface area contributed by atoms with Crippen LogP contribution in [-0.4, -0.2) is 4.98 Å². The van der Waals surface area contributed by atoms with Gasteiger partial charge in [0.2, 0.25) is 0 Å². The highest BCUT2D eigenvalue weighted by Crippen LogP contribution is 2.31. The summed E-state index contributed by atoms with van der Waals surface area (Å²) in [6.45, 7) is 7.12. The molecule has 0 unspecified atom stereocenters. The molecule has 1 aromatic heterocycles. The molecule has 2 aromatic rings. The Morgan fingerprint density at radius 2 is 1.95 bits per heavy atom. The van der Waals surface area contributed by atoms with Crippen molar-refractivity contribution < 1.29 is 0 Å². The molecule has 1 aromatic carbocycles. The second-order valence-corrected chi connectivity index (χ2v) is 7.62. The van der Waals surface area contributed by atoms with Crippen LogP contribution in [0.4, 0.5) is 0 Å². The number of aromatic nitrogens is 1. The number of benzene rings is 1. The van der Waals surface area contributed by atoms with Gasteiger partial charge in [-0.1, -0.05) is 54.9 Å². The second-order valence-electron chi connectivity index (χ2n) is 5.60. The van der Waals surface area contributed by atoms with Gasteiger partial charge in [0.25, 0.3) is 0 Å². The number of hydrogen-bond donors (Lipinski definition) is 1. The molecule has 0 aliphatic carbocycles. The van der Waals surface area contributed by atoms with Crippen molar-refractivity contribution in [2.45, 2.75) is 39.2 Å². The molecule has 0 saturated heterocycles. The van der Waals surface area contributed by atoms with E-state index in [9.17, 15) is 0 Å². The second kappa shape index (κ2) is 5.73. The van der Waals surface area contributed by atoms with E-state index in [1.54, 1.807) is 11.3 Å². The van der Waals surface area contributed by atoms with E-state index in [0.717, 1.165) is 21.6 Å². The topological polar surface area (TPSA) is 38.9 Å². The van der Waals surface area contributed by atoms with E-state index in [-0.39, 0.29) is 5.41 Å². The van der Waals surface area contributed by atoms with Crippen molar-refractivity contribution in [2.75, 3.05) is 0 Å². The van der Waals surface area contributed by atoms with Crippen LogP contribution in [0.3, 0.4) is 0 Å². The van der Waals surface area contributed by atoms with E-state index in [1.165, 1.54) is 10.4 Å². The molecule has 19 heavy (non-hydrogen) atoms. The van der Waals surface area contributed by atoms with Gasteiger partial charge in [-0.25, -0.2) is 4.98 Å². The SMILES string of the molecule is CC(C)(C)c1nc(Cc2ccccc2Br)sc1CN. The third kappa shape index (κ3) is 3.44. The van der Waals surface area contributed by atoms with Gasteiger partial charge in [0.1, 0.15) is 0 Å². The number of halogens is 1. The molecular weight excluding hydrogens is 320 g/mol. The lowest BCUT2D eigenvalue weighted by Crippen LogP contribution is -2.15. The van der Waals surface area contributed by atoms with Gasteiger partial charge in [-0.05, 0) is 11.6 Å². The normalized spacial score (nSPS) is 11.8. The van der Waals surface area contributed by atoms with Gasteiger partial charge >= 0.3 is 0 Å². The number of nitrogens with two attached hydrogens (primary N) is 1. The smallest absolute Gasteiger partial charge is 0.0976 e. The molecule has 0 amide bonds. The molecule has 0 aliphatic heterocycles. The van der Waals surface area contributed by atoms with Gasteiger partial charge in [-0.3, -0.25) is 0 Å². The van der Waals surface area contributed by atoms with E-state index in [1.807, 2.05) is 6.07 Å². The summed E-state index contributed by atoms with van der Waals surface area (Å²) in [6, 6.07) is 8.28. The van der Waals surface area contributed by atoms with E-state index in [4.69, 9.17) is 10.7 Å². The van der Waals surface area contributed by atoms with Gasteiger partial charge in [0.15, 0.2) is 0 Å². The zero-order valence-electron chi connectivity index (χ0n) is 11.5. The van der Waals surface area contributed by atoms with Crippen molar-refractivity contribution in [3.05, 3.63) is 49.9 Å². The van der Waals surface area contributed by atoms with Crippen molar-refractivity contribution in [3.63, 3.8) is 0 Å². The summed E-state index contributed by atoms with van der Waals surface area (Å²) >= 11 is 5.32. The Morgan fingerprint density at radius 1 is 1.26 bits per heavy atom. The Morgan fingerprint density at radius 3 is 2.47 bits per heavy atom. The fraction of sp³-hybridized carbons (Fsp3) is 0.400. The number of nitrogens with zero attached hydrogens (tertiary/aromatic N) is 1.